The molecule has 2 amide bonds. The average molecular weight is 488 g/mol. The Balaban J connectivity index is 1.63. The fourth-order valence-electron chi connectivity index (χ4n) is 3.99. The number of anilines is 1. The van der Waals surface area contributed by atoms with Crippen molar-refractivity contribution in [1.82, 2.24) is 20.0 Å². The fourth-order valence-corrected chi connectivity index (χ4v) is 4.37. The second-order valence-electron chi connectivity index (χ2n) is 8.22. The molecule has 0 radical (unpaired) electrons. The summed E-state index contributed by atoms with van der Waals surface area (Å²) in [6, 6.07) is 3.50. The van der Waals surface area contributed by atoms with E-state index in [1.54, 1.807) is 25.3 Å². The first kappa shape index (κ1) is 23.6. The second kappa shape index (κ2) is 9.38. The maximum absolute atomic E-state index is 13.6. The molecule has 4 rings (SSSR count). The van der Waals surface area contributed by atoms with Gasteiger partial charge in [0.1, 0.15) is 17.6 Å². The van der Waals surface area contributed by atoms with Gasteiger partial charge in [-0.15, -0.1) is 0 Å². The van der Waals surface area contributed by atoms with Crippen LogP contribution >= 0.6 is 11.6 Å². The van der Waals surface area contributed by atoms with Crippen LogP contribution in [0.25, 0.3) is 0 Å². The van der Waals surface area contributed by atoms with Crippen LogP contribution in [0.4, 0.5) is 10.1 Å². The van der Waals surface area contributed by atoms with Gasteiger partial charge in [-0.1, -0.05) is 16.8 Å². The third kappa shape index (κ3) is 4.45. The highest BCUT2D eigenvalue weighted by Crippen LogP contribution is 2.33. The minimum Gasteiger partial charge on any atom is -0.340 e. The number of rotatable bonds is 6. The van der Waals surface area contributed by atoms with Crippen molar-refractivity contribution >= 4 is 34.9 Å². The summed E-state index contributed by atoms with van der Waals surface area (Å²) < 4.78 is 20.3. The van der Waals surface area contributed by atoms with E-state index in [1.165, 1.54) is 18.2 Å². The summed E-state index contributed by atoms with van der Waals surface area (Å²) in [6.45, 7) is 5.28. The van der Waals surface area contributed by atoms with Gasteiger partial charge in [0.2, 0.25) is 5.89 Å². The van der Waals surface area contributed by atoms with Crippen LogP contribution in [-0.2, 0) is 17.8 Å². The molecule has 11 heteroatoms. The molecule has 2 N–H and O–H groups in total. The first-order chi connectivity index (χ1) is 16.2. The van der Waals surface area contributed by atoms with Gasteiger partial charge in [-0.2, -0.15) is 4.98 Å². The van der Waals surface area contributed by atoms with E-state index >= 15 is 0 Å². The number of benzene rings is 1. The molecule has 0 unspecified atom stereocenters. The molecule has 34 heavy (non-hydrogen) atoms. The number of ketones is 1. The minimum absolute atomic E-state index is 0.0387. The molecule has 0 saturated carbocycles. The number of hydrogen-bond acceptors (Lipinski definition) is 6. The molecule has 0 spiro atoms. The number of carbonyl (C=O) groups excluding carboxylic acids is 3. The molecule has 3 heterocycles. The smallest absolute Gasteiger partial charge is 0.294 e. The van der Waals surface area contributed by atoms with Crippen molar-refractivity contribution in [3.8, 4) is 0 Å². The van der Waals surface area contributed by atoms with Gasteiger partial charge in [0, 0.05) is 17.9 Å². The van der Waals surface area contributed by atoms with Crippen molar-refractivity contribution in [3.05, 3.63) is 63.3 Å². The lowest BCUT2D eigenvalue weighted by Gasteiger charge is -2.18. The van der Waals surface area contributed by atoms with Crippen LogP contribution in [0.5, 0.6) is 0 Å². The van der Waals surface area contributed by atoms with Crippen molar-refractivity contribution in [2.45, 2.75) is 52.6 Å². The van der Waals surface area contributed by atoms with Crippen molar-refractivity contribution in [2.75, 3.05) is 5.32 Å². The minimum atomic E-state index is -0.905. The van der Waals surface area contributed by atoms with E-state index in [0.717, 1.165) is 12.8 Å². The summed E-state index contributed by atoms with van der Waals surface area (Å²) in [5.41, 5.74) is 1.46. The Hall–Kier alpha value is -3.53. The van der Waals surface area contributed by atoms with Gasteiger partial charge >= 0.3 is 0 Å². The number of aromatic nitrogens is 3. The number of carbonyl (C=O) groups is 3. The number of aryl methyl sites for hydroxylation is 2. The number of Topliss-reactive ketones (excluding diaryl/α,β-unsaturated/α-hetero) is 1. The molecule has 178 valence electrons. The number of amides is 2. The Labute approximate surface area is 199 Å². The number of halogens is 2. The van der Waals surface area contributed by atoms with Crippen molar-refractivity contribution in [2.24, 2.45) is 0 Å². The maximum Gasteiger partial charge on any atom is 0.294 e. The van der Waals surface area contributed by atoms with Crippen molar-refractivity contribution in [3.63, 3.8) is 0 Å². The molecular weight excluding hydrogens is 465 g/mol. The van der Waals surface area contributed by atoms with E-state index in [2.05, 4.69) is 20.8 Å². The number of hydrogen-bond donors (Lipinski definition) is 2. The molecular formula is C23H23ClFN5O4. The van der Waals surface area contributed by atoms with Crippen LogP contribution in [0.2, 0.25) is 5.02 Å². The van der Waals surface area contributed by atoms with Gasteiger partial charge in [0.25, 0.3) is 17.6 Å². The van der Waals surface area contributed by atoms with E-state index in [0.29, 0.717) is 35.7 Å². The van der Waals surface area contributed by atoms with E-state index in [4.69, 9.17) is 16.1 Å². The lowest BCUT2D eigenvalue weighted by molar-refractivity contribution is -0.117. The quantitative estimate of drug-likeness (QED) is 0.401. The summed E-state index contributed by atoms with van der Waals surface area (Å²) in [7, 11) is 0. The third-order valence-electron chi connectivity index (χ3n) is 5.68. The zero-order valence-electron chi connectivity index (χ0n) is 18.9. The number of fused-ring (bicyclic) bond motifs is 1. The van der Waals surface area contributed by atoms with Gasteiger partial charge in [0.05, 0.1) is 10.6 Å². The Morgan fingerprint density at radius 3 is 2.68 bits per heavy atom. The van der Waals surface area contributed by atoms with E-state index in [9.17, 15) is 18.8 Å². The molecule has 1 atom stereocenters. The predicted octanol–water partition coefficient (Wildman–Crippen LogP) is 3.93. The molecule has 9 nitrogen and oxygen atoms in total. The van der Waals surface area contributed by atoms with Gasteiger partial charge in [-0.3, -0.25) is 14.4 Å². The third-order valence-corrected chi connectivity index (χ3v) is 6.05. The Kier molecular flexibility index (Phi) is 6.52. The summed E-state index contributed by atoms with van der Waals surface area (Å²) in [5.74, 6) is -2.13. The average Bonchev–Trinajstić information content (AvgIpc) is 3.36. The zero-order valence-corrected chi connectivity index (χ0v) is 19.6. The Bertz CT molecular complexity index is 1300. The molecule has 0 fully saturated rings. The first-order valence-electron chi connectivity index (χ1n) is 10.8. The standard InChI is InChI=1S/C23H23ClFN5O4/c1-11-10-14(7-8-15(11)25)28-21(32)17-16-6-4-5-9-30(16)19(18(17)24)20(31)22(33)26-12(2)23-27-13(3)29-34-23/h7-8,10,12H,4-6,9H2,1-3H3,(H,26,33)(H,28,32)/t12-/m0/s1. The maximum atomic E-state index is 13.6. The Morgan fingerprint density at radius 1 is 1.24 bits per heavy atom. The Morgan fingerprint density at radius 2 is 2.00 bits per heavy atom. The van der Waals surface area contributed by atoms with Gasteiger partial charge < -0.3 is 19.7 Å². The molecule has 1 aliphatic rings. The van der Waals surface area contributed by atoms with E-state index in [1.807, 2.05) is 0 Å². The monoisotopic (exact) mass is 487 g/mol. The number of nitrogens with one attached hydrogen (secondary N) is 2. The van der Waals surface area contributed by atoms with Crippen molar-refractivity contribution < 1.29 is 23.3 Å². The molecule has 1 aromatic carbocycles. The SMILES string of the molecule is Cc1noc([C@H](C)NC(=O)C(=O)c2c(Cl)c(C(=O)Nc3ccc(F)c(C)c3)c3n2CCCC3)n1. The number of nitrogens with zero attached hydrogens (tertiary/aromatic N) is 3. The molecule has 0 saturated heterocycles. The largest absolute Gasteiger partial charge is 0.340 e. The van der Waals surface area contributed by atoms with Gasteiger partial charge in [-0.25, -0.2) is 4.39 Å². The highest BCUT2D eigenvalue weighted by molar-refractivity contribution is 6.48. The van der Waals surface area contributed by atoms with E-state index in [-0.39, 0.29) is 28.0 Å². The molecule has 2 aromatic heterocycles. The molecule has 0 aliphatic carbocycles. The first-order valence-corrected chi connectivity index (χ1v) is 11.2. The normalized spacial score (nSPS) is 13.8. The summed E-state index contributed by atoms with van der Waals surface area (Å²) in [4.78, 5) is 43.1. The lowest BCUT2D eigenvalue weighted by atomic mass is 10.1. The van der Waals surface area contributed by atoms with Crippen LogP contribution < -0.4 is 10.6 Å². The zero-order chi connectivity index (χ0) is 24.6. The van der Waals surface area contributed by atoms with Crippen LogP contribution in [0.15, 0.2) is 22.7 Å². The van der Waals surface area contributed by atoms with Crippen molar-refractivity contribution in [1.29, 1.82) is 0 Å². The lowest BCUT2D eigenvalue weighted by Crippen LogP contribution is -2.35. The summed E-state index contributed by atoms with van der Waals surface area (Å²) in [6.07, 6.45) is 2.11. The fraction of sp³-hybridized carbons (Fsp3) is 0.348. The molecule has 1 aliphatic heterocycles. The van der Waals surface area contributed by atoms with Gasteiger partial charge in [-0.05, 0) is 63.8 Å². The van der Waals surface area contributed by atoms with Crippen LogP contribution in [-0.4, -0.2) is 32.3 Å². The topological polar surface area (TPSA) is 119 Å². The summed E-state index contributed by atoms with van der Waals surface area (Å²) in [5, 5.41) is 8.84. The molecule has 0 bridgehead atoms. The summed E-state index contributed by atoms with van der Waals surface area (Å²) >= 11 is 6.55. The predicted molar refractivity (Wildman–Crippen MR) is 121 cm³/mol. The van der Waals surface area contributed by atoms with Crippen LogP contribution in [0.3, 0.4) is 0 Å². The van der Waals surface area contributed by atoms with E-state index < -0.39 is 23.6 Å². The van der Waals surface area contributed by atoms with Crippen LogP contribution in [0, 0.1) is 19.7 Å². The molecule has 3 aromatic rings. The van der Waals surface area contributed by atoms with Gasteiger partial charge in [0.15, 0.2) is 5.82 Å². The highest BCUT2D eigenvalue weighted by atomic mass is 35.5. The highest BCUT2D eigenvalue weighted by Gasteiger charge is 2.34. The second-order valence-corrected chi connectivity index (χ2v) is 8.59. The van der Waals surface area contributed by atoms with Crippen LogP contribution in [0.1, 0.15) is 69.6 Å².